The molecule has 2 aromatic heterocycles. The zero-order valence-electron chi connectivity index (χ0n) is 8.43. The van der Waals surface area contributed by atoms with E-state index in [-0.39, 0.29) is 6.54 Å². The van der Waals surface area contributed by atoms with E-state index in [1.807, 2.05) is 0 Å². The third kappa shape index (κ3) is 2.32. The first-order valence-electron chi connectivity index (χ1n) is 4.72. The van der Waals surface area contributed by atoms with Crippen LogP contribution < -0.4 is 10.5 Å². The lowest BCUT2D eigenvalue weighted by Gasteiger charge is -2.07. The molecule has 0 radical (unpaired) electrons. The number of hydrogen-bond acceptors (Lipinski definition) is 4. The van der Waals surface area contributed by atoms with Crippen LogP contribution in [0.15, 0.2) is 36.8 Å². The second kappa shape index (κ2) is 4.67. The minimum absolute atomic E-state index is 0.167. The molecule has 82 valence electrons. The Bertz CT molecular complexity index is 476. The van der Waals surface area contributed by atoms with E-state index < -0.39 is 5.82 Å². The van der Waals surface area contributed by atoms with E-state index in [9.17, 15) is 4.39 Å². The van der Waals surface area contributed by atoms with Crippen LogP contribution in [0.5, 0.6) is 11.6 Å². The number of nitrogens with two attached hydrogens (primary N) is 1. The first-order valence-corrected chi connectivity index (χ1v) is 4.72. The van der Waals surface area contributed by atoms with E-state index in [2.05, 4.69) is 9.97 Å². The number of pyridine rings is 2. The average Bonchev–Trinajstić information content (AvgIpc) is 2.33. The molecule has 5 heteroatoms. The molecule has 0 bridgehead atoms. The smallest absolute Gasteiger partial charge is 0.223 e. The summed E-state index contributed by atoms with van der Waals surface area (Å²) in [5.41, 5.74) is 5.99. The Morgan fingerprint density at radius 2 is 2.25 bits per heavy atom. The van der Waals surface area contributed by atoms with Crippen LogP contribution in [0.25, 0.3) is 0 Å². The van der Waals surface area contributed by atoms with Gasteiger partial charge in [-0.1, -0.05) is 0 Å². The Balaban J connectivity index is 2.28. The summed E-state index contributed by atoms with van der Waals surface area (Å²) in [5, 5.41) is 0. The van der Waals surface area contributed by atoms with Crippen LogP contribution in [0.4, 0.5) is 4.39 Å². The van der Waals surface area contributed by atoms with Crippen molar-refractivity contribution in [3.8, 4) is 11.6 Å². The summed E-state index contributed by atoms with van der Waals surface area (Å²) in [5.74, 6) is 0.409. The monoisotopic (exact) mass is 219 g/mol. The Morgan fingerprint density at radius 1 is 1.38 bits per heavy atom. The molecular weight excluding hydrogens is 209 g/mol. The average molecular weight is 219 g/mol. The van der Waals surface area contributed by atoms with Gasteiger partial charge in [-0.15, -0.1) is 0 Å². The zero-order valence-corrected chi connectivity index (χ0v) is 8.43. The highest BCUT2D eigenvalue weighted by atomic mass is 19.1. The van der Waals surface area contributed by atoms with Gasteiger partial charge in [0.1, 0.15) is 11.6 Å². The highest BCUT2D eigenvalue weighted by Crippen LogP contribution is 2.22. The lowest BCUT2D eigenvalue weighted by atomic mass is 10.2. The standard InChI is InChI=1S/C11H10FN3O/c12-9-4-8(5-13)11(15-6-9)16-10-2-1-3-14-7-10/h1-4,6-7H,5,13H2. The van der Waals surface area contributed by atoms with Gasteiger partial charge in [-0.05, 0) is 18.2 Å². The fourth-order valence-corrected chi connectivity index (χ4v) is 1.23. The predicted octanol–water partition coefficient (Wildman–Crippen LogP) is 1.87. The Labute approximate surface area is 91.9 Å². The Morgan fingerprint density at radius 3 is 2.94 bits per heavy atom. The minimum Gasteiger partial charge on any atom is -0.437 e. The van der Waals surface area contributed by atoms with Crippen molar-refractivity contribution in [3.05, 3.63) is 48.2 Å². The summed E-state index contributed by atoms with van der Waals surface area (Å²) in [6, 6.07) is 4.78. The van der Waals surface area contributed by atoms with Gasteiger partial charge in [0, 0.05) is 18.3 Å². The van der Waals surface area contributed by atoms with Crippen molar-refractivity contribution in [2.24, 2.45) is 5.73 Å². The molecular formula is C11H10FN3O. The fraction of sp³-hybridized carbons (Fsp3) is 0.0909. The zero-order chi connectivity index (χ0) is 11.4. The molecule has 2 aromatic rings. The number of ether oxygens (including phenoxy) is 1. The molecule has 0 saturated heterocycles. The van der Waals surface area contributed by atoms with Crippen LogP contribution in [0.3, 0.4) is 0 Å². The molecule has 0 unspecified atom stereocenters. The summed E-state index contributed by atoms with van der Waals surface area (Å²) in [7, 11) is 0. The van der Waals surface area contributed by atoms with E-state index in [1.165, 1.54) is 6.07 Å². The number of aromatic nitrogens is 2. The van der Waals surface area contributed by atoms with Gasteiger partial charge in [-0.2, -0.15) is 0 Å². The highest BCUT2D eigenvalue weighted by Gasteiger charge is 2.06. The molecule has 2 N–H and O–H groups in total. The molecule has 4 nitrogen and oxygen atoms in total. The van der Waals surface area contributed by atoms with Crippen LogP contribution >= 0.6 is 0 Å². The fourth-order valence-electron chi connectivity index (χ4n) is 1.23. The largest absolute Gasteiger partial charge is 0.437 e. The van der Waals surface area contributed by atoms with Gasteiger partial charge in [0.25, 0.3) is 0 Å². The summed E-state index contributed by atoms with van der Waals surface area (Å²) in [6.07, 6.45) is 4.27. The third-order valence-corrected chi connectivity index (χ3v) is 1.96. The van der Waals surface area contributed by atoms with Crippen LogP contribution in [-0.2, 0) is 6.54 Å². The van der Waals surface area contributed by atoms with Crippen molar-refractivity contribution >= 4 is 0 Å². The summed E-state index contributed by atoms with van der Waals surface area (Å²) in [4.78, 5) is 7.74. The molecule has 0 saturated carbocycles. The molecule has 2 rings (SSSR count). The predicted molar refractivity (Wildman–Crippen MR) is 56.4 cm³/mol. The maximum atomic E-state index is 12.9. The van der Waals surface area contributed by atoms with Crippen LogP contribution in [0, 0.1) is 5.82 Å². The van der Waals surface area contributed by atoms with Crippen molar-refractivity contribution in [2.75, 3.05) is 0 Å². The molecule has 0 spiro atoms. The number of halogens is 1. The van der Waals surface area contributed by atoms with Gasteiger partial charge in [0.15, 0.2) is 0 Å². The summed E-state index contributed by atoms with van der Waals surface area (Å²) < 4.78 is 18.3. The summed E-state index contributed by atoms with van der Waals surface area (Å²) in [6.45, 7) is 0.167. The van der Waals surface area contributed by atoms with Crippen LogP contribution in [0.1, 0.15) is 5.56 Å². The number of hydrogen-bond donors (Lipinski definition) is 1. The van der Waals surface area contributed by atoms with Gasteiger partial charge in [0.05, 0.1) is 12.4 Å². The van der Waals surface area contributed by atoms with E-state index in [0.29, 0.717) is 17.2 Å². The van der Waals surface area contributed by atoms with Gasteiger partial charge in [-0.25, -0.2) is 9.37 Å². The molecule has 0 aliphatic heterocycles. The topological polar surface area (TPSA) is 61.0 Å². The van der Waals surface area contributed by atoms with Gasteiger partial charge in [-0.3, -0.25) is 4.98 Å². The molecule has 0 aromatic carbocycles. The van der Waals surface area contributed by atoms with Gasteiger partial charge >= 0.3 is 0 Å². The van der Waals surface area contributed by atoms with Gasteiger partial charge < -0.3 is 10.5 Å². The van der Waals surface area contributed by atoms with Crippen molar-refractivity contribution in [3.63, 3.8) is 0 Å². The molecule has 16 heavy (non-hydrogen) atoms. The van der Waals surface area contributed by atoms with Crippen molar-refractivity contribution in [1.29, 1.82) is 0 Å². The second-order valence-electron chi connectivity index (χ2n) is 3.11. The first kappa shape index (κ1) is 10.5. The van der Waals surface area contributed by atoms with E-state index >= 15 is 0 Å². The van der Waals surface area contributed by atoms with E-state index in [4.69, 9.17) is 10.5 Å². The number of rotatable bonds is 3. The van der Waals surface area contributed by atoms with E-state index in [1.54, 1.807) is 24.5 Å². The van der Waals surface area contributed by atoms with Crippen LogP contribution in [-0.4, -0.2) is 9.97 Å². The molecule has 0 amide bonds. The minimum atomic E-state index is -0.431. The summed E-state index contributed by atoms with van der Waals surface area (Å²) >= 11 is 0. The number of nitrogens with zero attached hydrogens (tertiary/aromatic N) is 2. The molecule has 0 fully saturated rings. The Kier molecular flexibility index (Phi) is 3.07. The SMILES string of the molecule is NCc1cc(F)cnc1Oc1cccnc1. The third-order valence-electron chi connectivity index (χ3n) is 1.96. The lowest BCUT2D eigenvalue weighted by molar-refractivity contribution is 0.450. The van der Waals surface area contributed by atoms with Gasteiger partial charge in [0.2, 0.25) is 5.88 Å². The van der Waals surface area contributed by atoms with E-state index in [0.717, 1.165) is 6.20 Å². The second-order valence-corrected chi connectivity index (χ2v) is 3.11. The van der Waals surface area contributed by atoms with Crippen molar-refractivity contribution in [1.82, 2.24) is 9.97 Å². The van der Waals surface area contributed by atoms with Crippen molar-refractivity contribution in [2.45, 2.75) is 6.54 Å². The maximum Gasteiger partial charge on any atom is 0.223 e. The van der Waals surface area contributed by atoms with Crippen molar-refractivity contribution < 1.29 is 9.13 Å². The molecule has 2 heterocycles. The molecule has 0 aliphatic rings. The quantitative estimate of drug-likeness (QED) is 0.855. The lowest BCUT2D eigenvalue weighted by Crippen LogP contribution is -2.02. The highest BCUT2D eigenvalue weighted by molar-refractivity contribution is 5.30. The normalized spacial score (nSPS) is 10.1. The maximum absolute atomic E-state index is 12.9. The first-order chi connectivity index (χ1) is 7.79. The molecule has 0 atom stereocenters. The molecule has 0 aliphatic carbocycles. The van der Waals surface area contributed by atoms with Crippen LogP contribution in [0.2, 0.25) is 0 Å². The Hall–Kier alpha value is -2.01.